The summed E-state index contributed by atoms with van der Waals surface area (Å²) in [6.07, 6.45) is 2.57. The van der Waals surface area contributed by atoms with E-state index in [1.54, 1.807) is 4.90 Å². The summed E-state index contributed by atoms with van der Waals surface area (Å²) < 4.78 is 5.37. The monoisotopic (exact) mass is 306 g/mol. The van der Waals surface area contributed by atoms with Gasteiger partial charge in [-0.05, 0) is 24.8 Å². The number of aldehydes is 1. The molecule has 1 amide bonds. The van der Waals surface area contributed by atoms with Crippen molar-refractivity contribution in [2.75, 3.05) is 19.7 Å². The number of amides is 1. The number of nitrogens with zero attached hydrogens (tertiary/aromatic N) is 2. The zero-order chi connectivity index (χ0) is 16.1. The van der Waals surface area contributed by atoms with Gasteiger partial charge in [-0.15, -0.1) is 0 Å². The van der Waals surface area contributed by atoms with E-state index >= 15 is 0 Å². The molecule has 1 aliphatic heterocycles. The molecule has 1 heterocycles. The molecule has 1 unspecified atom stereocenters. The van der Waals surface area contributed by atoms with Crippen molar-refractivity contribution in [1.29, 1.82) is 0 Å². The first kappa shape index (κ1) is 15.9. The molecule has 0 radical (unpaired) electrons. The minimum Gasteiger partial charge on any atom is -0.483 e. The lowest BCUT2D eigenvalue weighted by molar-refractivity contribution is -0.384. The van der Waals surface area contributed by atoms with Gasteiger partial charge in [0.25, 0.3) is 11.6 Å². The zero-order valence-corrected chi connectivity index (χ0v) is 12.4. The van der Waals surface area contributed by atoms with Crippen molar-refractivity contribution in [3.8, 4) is 5.75 Å². The smallest absolute Gasteiger partial charge is 0.270 e. The minimum atomic E-state index is -0.586. The Morgan fingerprint density at radius 3 is 2.95 bits per heavy atom. The predicted octanol–water partition coefficient (Wildman–Crippen LogP) is 2.04. The molecule has 1 aliphatic rings. The first-order valence-electron chi connectivity index (χ1n) is 7.15. The lowest BCUT2D eigenvalue weighted by Gasteiger charge is -2.30. The lowest BCUT2D eigenvalue weighted by Crippen LogP contribution is -2.41. The Morgan fingerprint density at radius 1 is 1.55 bits per heavy atom. The Bertz CT molecular complexity index is 587. The Balaban J connectivity index is 2.00. The van der Waals surface area contributed by atoms with Gasteiger partial charge < -0.3 is 9.64 Å². The average Bonchev–Trinajstić information content (AvgIpc) is 2.52. The van der Waals surface area contributed by atoms with Crippen LogP contribution in [0.1, 0.15) is 30.1 Å². The van der Waals surface area contributed by atoms with E-state index in [0.29, 0.717) is 25.3 Å². The molecule has 22 heavy (non-hydrogen) atoms. The van der Waals surface area contributed by atoms with Gasteiger partial charge in [0, 0.05) is 25.2 Å². The molecule has 1 fully saturated rings. The molecule has 7 nitrogen and oxygen atoms in total. The molecular formula is C15H18N2O5. The third-order valence-corrected chi connectivity index (χ3v) is 3.69. The molecule has 0 aliphatic carbocycles. The molecule has 0 aromatic heterocycles. The molecule has 1 aromatic carbocycles. The first-order valence-corrected chi connectivity index (χ1v) is 7.15. The van der Waals surface area contributed by atoms with E-state index in [1.807, 2.05) is 0 Å². The van der Waals surface area contributed by atoms with Gasteiger partial charge >= 0.3 is 0 Å². The third-order valence-electron chi connectivity index (χ3n) is 3.69. The van der Waals surface area contributed by atoms with Gasteiger partial charge in [-0.3, -0.25) is 19.7 Å². The van der Waals surface area contributed by atoms with Crippen LogP contribution < -0.4 is 4.74 Å². The van der Waals surface area contributed by atoms with E-state index in [4.69, 9.17) is 4.74 Å². The van der Waals surface area contributed by atoms with Crippen LogP contribution >= 0.6 is 0 Å². The van der Waals surface area contributed by atoms with Crippen LogP contribution in [0.3, 0.4) is 0 Å². The SMILES string of the molecule is CC1CCCN(C(=O)COc2ccc([N+](=O)[O-])cc2C=O)C1. The average molecular weight is 306 g/mol. The molecule has 1 aromatic rings. The van der Waals surface area contributed by atoms with Gasteiger partial charge in [0.2, 0.25) is 0 Å². The van der Waals surface area contributed by atoms with E-state index in [-0.39, 0.29) is 29.5 Å². The van der Waals surface area contributed by atoms with Crippen LogP contribution in [-0.4, -0.2) is 41.7 Å². The Morgan fingerprint density at radius 2 is 2.32 bits per heavy atom. The van der Waals surface area contributed by atoms with Crippen molar-refractivity contribution < 1.29 is 19.2 Å². The fraction of sp³-hybridized carbons (Fsp3) is 0.467. The van der Waals surface area contributed by atoms with E-state index in [1.165, 1.54) is 12.1 Å². The van der Waals surface area contributed by atoms with Crippen molar-refractivity contribution in [3.63, 3.8) is 0 Å². The molecule has 0 N–H and O–H groups in total. The number of non-ortho nitro benzene ring substituents is 1. The number of hydrogen-bond acceptors (Lipinski definition) is 5. The van der Waals surface area contributed by atoms with Crippen LogP contribution in [0.4, 0.5) is 5.69 Å². The maximum Gasteiger partial charge on any atom is 0.270 e. The highest BCUT2D eigenvalue weighted by Crippen LogP contribution is 2.23. The zero-order valence-electron chi connectivity index (χ0n) is 12.4. The standard InChI is InChI=1S/C15H18N2O5/c1-11-3-2-6-16(8-11)15(19)10-22-14-5-4-13(17(20)21)7-12(14)9-18/h4-5,7,9,11H,2-3,6,8,10H2,1H3. The highest BCUT2D eigenvalue weighted by atomic mass is 16.6. The number of carbonyl (C=O) groups excluding carboxylic acids is 2. The molecule has 0 spiro atoms. The molecule has 2 rings (SSSR count). The number of nitro benzene ring substituents is 1. The number of carbonyl (C=O) groups is 2. The van der Waals surface area contributed by atoms with Crippen LogP contribution in [-0.2, 0) is 4.79 Å². The summed E-state index contributed by atoms with van der Waals surface area (Å²) in [7, 11) is 0. The van der Waals surface area contributed by atoms with Gasteiger partial charge in [0.05, 0.1) is 10.5 Å². The van der Waals surface area contributed by atoms with Crippen LogP contribution in [0.25, 0.3) is 0 Å². The van der Waals surface area contributed by atoms with Crippen molar-refractivity contribution in [2.45, 2.75) is 19.8 Å². The van der Waals surface area contributed by atoms with Gasteiger partial charge in [0.15, 0.2) is 12.9 Å². The topological polar surface area (TPSA) is 89.8 Å². The van der Waals surface area contributed by atoms with Crippen molar-refractivity contribution in [2.24, 2.45) is 5.92 Å². The molecule has 0 saturated carbocycles. The maximum atomic E-state index is 12.1. The fourth-order valence-electron chi connectivity index (χ4n) is 2.52. The highest BCUT2D eigenvalue weighted by molar-refractivity contribution is 5.82. The number of ether oxygens (including phenoxy) is 1. The Kier molecular flexibility index (Phi) is 5.08. The van der Waals surface area contributed by atoms with Crippen molar-refractivity contribution in [1.82, 2.24) is 4.90 Å². The number of hydrogen-bond donors (Lipinski definition) is 0. The quantitative estimate of drug-likeness (QED) is 0.472. The van der Waals surface area contributed by atoms with Gasteiger partial charge in [0.1, 0.15) is 5.75 Å². The second-order valence-electron chi connectivity index (χ2n) is 5.47. The summed E-state index contributed by atoms with van der Waals surface area (Å²) in [5.41, 5.74) is -0.125. The second-order valence-corrected chi connectivity index (χ2v) is 5.47. The summed E-state index contributed by atoms with van der Waals surface area (Å²) in [6.45, 7) is 3.35. The Labute approximate surface area is 128 Å². The number of piperidine rings is 1. The maximum absolute atomic E-state index is 12.1. The summed E-state index contributed by atoms with van der Waals surface area (Å²) in [5, 5.41) is 10.7. The number of benzene rings is 1. The van der Waals surface area contributed by atoms with E-state index < -0.39 is 4.92 Å². The third kappa shape index (κ3) is 3.81. The van der Waals surface area contributed by atoms with Crippen LogP contribution in [0.2, 0.25) is 0 Å². The lowest BCUT2D eigenvalue weighted by atomic mass is 10.0. The molecule has 118 valence electrons. The van der Waals surface area contributed by atoms with E-state index in [2.05, 4.69) is 6.92 Å². The number of likely N-dealkylation sites (tertiary alicyclic amines) is 1. The summed E-state index contributed by atoms with van der Waals surface area (Å²) in [5.74, 6) is 0.517. The van der Waals surface area contributed by atoms with Gasteiger partial charge in [-0.25, -0.2) is 0 Å². The number of rotatable bonds is 5. The van der Waals surface area contributed by atoms with Gasteiger partial charge in [-0.2, -0.15) is 0 Å². The largest absolute Gasteiger partial charge is 0.483 e. The predicted molar refractivity (Wildman–Crippen MR) is 79.0 cm³/mol. The van der Waals surface area contributed by atoms with Crippen LogP contribution in [0, 0.1) is 16.0 Å². The summed E-state index contributed by atoms with van der Waals surface area (Å²) in [4.78, 5) is 34.9. The molecule has 0 bridgehead atoms. The van der Waals surface area contributed by atoms with Crippen LogP contribution in [0.15, 0.2) is 18.2 Å². The summed E-state index contributed by atoms with van der Waals surface area (Å²) in [6, 6.07) is 3.72. The second kappa shape index (κ2) is 7.02. The normalized spacial score (nSPS) is 17.9. The molecule has 7 heteroatoms. The van der Waals surface area contributed by atoms with E-state index in [0.717, 1.165) is 18.9 Å². The minimum absolute atomic E-state index is 0.0639. The van der Waals surface area contributed by atoms with Crippen LogP contribution in [0.5, 0.6) is 5.75 Å². The summed E-state index contributed by atoms with van der Waals surface area (Å²) >= 11 is 0. The number of nitro groups is 1. The van der Waals surface area contributed by atoms with E-state index in [9.17, 15) is 19.7 Å². The molecule has 1 saturated heterocycles. The highest BCUT2D eigenvalue weighted by Gasteiger charge is 2.21. The van der Waals surface area contributed by atoms with Gasteiger partial charge in [-0.1, -0.05) is 6.92 Å². The molecule has 1 atom stereocenters. The Hall–Kier alpha value is -2.44. The fourth-order valence-corrected chi connectivity index (χ4v) is 2.52. The first-order chi connectivity index (χ1) is 10.5. The van der Waals surface area contributed by atoms with Crippen molar-refractivity contribution in [3.05, 3.63) is 33.9 Å². The molecular weight excluding hydrogens is 288 g/mol. The van der Waals surface area contributed by atoms with Crippen molar-refractivity contribution >= 4 is 17.9 Å².